The van der Waals surface area contributed by atoms with Crippen molar-refractivity contribution >= 4 is 19.8 Å². The van der Waals surface area contributed by atoms with Gasteiger partial charge in [0.05, 0.1) is 14.6 Å². The van der Waals surface area contributed by atoms with Crippen molar-refractivity contribution in [3.05, 3.63) is 96.1 Å². The van der Waals surface area contributed by atoms with Crippen molar-refractivity contribution in [3.63, 3.8) is 0 Å². The highest BCUT2D eigenvalue weighted by Gasteiger charge is 2.20. The van der Waals surface area contributed by atoms with Crippen LogP contribution in [-0.4, -0.2) is 24.9 Å². The molecule has 3 aromatic carbocycles. The third kappa shape index (κ3) is 5.76. The number of rotatable bonds is 8. The van der Waals surface area contributed by atoms with Gasteiger partial charge in [0.25, 0.3) is 10.0 Å². The van der Waals surface area contributed by atoms with Crippen molar-refractivity contribution < 1.29 is 12.6 Å². The van der Waals surface area contributed by atoms with E-state index < -0.39 is 19.8 Å². The summed E-state index contributed by atoms with van der Waals surface area (Å²) in [5.41, 5.74) is 2.04. The summed E-state index contributed by atoms with van der Waals surface area (Å²) >= 11 is 0. The zero-order chi connectivity index (χ0) is 20.7. The summed E-state index contributed by atoms with van der Waals surface area (Å²) in [6.45, 7) is 2.85. The minimum absolute atomic E-state index is 0.0454. The first-order valence-electron chi connectivity index (χ1n) is 9.27. The molecule has 3 aromatic rings. The molecular formula is C22H24N2O3S2. The summed E-state index contributed by atoms with van der Waals surface area (Å²) in [7, 11) is -7.21. The normalized spacial score (nSPS) is 13.6. The van der Waals surface area contributed by atoms with Gasteiger partial charge in [0.2, 0.25) is 0 Å². The van der Waals surface area contributed by atoms with Gasteiger partial charge in [0.1, 0.15) is 0 Å². The smallest absolute Gasteiger partial charge is 0.290 e. The molecule has 0 bridgehead atoms. The fourth-order valence-electron chi connectivity index (χ4n) is 2.78. The maximum absolute atomic E-state index is 13.7. The second-order valence-electron chi connectivity index (χ2n) is 6.68. The number of benzene rings is 3. The lowest BCUT2D eigenvalue weighted by Crippen LogP contribution is -2.23. The fraction of sp³-hybridized carbons (Fsp3) is 0.182. The number of hydrogen-bond acceptors (Lipinski definition) is 4. The Balaban J connectivity index is 1.86. The number of aryl methyl sites for hydroxylation is 1. The van der Waals surface area contributed by atoms with E-state index in [2.05, 4.69) is 9.08 Å². The highest BCUT2D eigenvalue weighted by atomic mass is 32.3. The van der Waals surface area contributed by atoms with Gasteiger partial charge in [0.15, 0.2) is 0 Å². The fourth-order valence-corrected chi connectivity index (χ4v) is 6.76. The topological polar surface area (TPSA) is 75.6 Å². The summed E-state index contributed by atoms with van der Waals surface area (Å²) < 4.78 is 43.2. The van der Waals surface area contributed by atoms with Crippen molar-refractivity contribution in [1.82, 2.24) is 5.32 Å². The van der Waals surface area contributed by atoms with Crippen LogP contribution in [0.15, 0.2) is 98.5 Å². The van der Waals surface area contributed by atoms with E-state index in [-0.39, 0.29) is 10.6 Å². The van der Waals surface area contributed by atoms with E-state index in [1.54, 1.807) is 42.5 Å². The highest BCUT2D eigenvalue weighted by Crippen LogP contribution is 2.20. The third-order valence-electron chi connectivity index (χ3n) is 4.38. The number of sulfonamides is 1. The predicted octanol–water partition coefficient (Wildman–Crippen LogP) is 4.00. The molecule has 0 heterocycles. The average molecular weight is 429 g/mol. The summed E-state index contributed by atoms with van der Waals surface area (Å²) in [6.07, 6.45) is 0. The second kappa shape index (κ2) is 9.35. The quantitative estimate of drug-likeness (QED) is 0.550. The van der Waals surface area contributed by atoms with Gasteiger partial charge in [-0.05, 0) is 36.8 Å². The zero-order valence-electron chi connectivity index (χ0n) is 16.2. The molecule has 7 heteroatoms. The molecule has 0 saturated carbocycles. The number of nitrogens with one attached hydrogen (secondary N) is 1. The summed E-state index contributed by atoms with van der Waals surface area (Å²) in [5, 5.41) is 3.23. The van der Waals surface area contributed by atoms with Gasteiger partial charge in [-0.2, -0.15) is 8.42 Å². The molecular weight excluding hydrogens is 404 g/mol. The Morgan fingerprint density at radius 1 is 0.759 bits per heavy atom. The average Bonchev–Trinajstić information content (AvgIpc) is 2.73. The van der Waals surface area contributed by atoms with E-state index in [1.807, 2.05) is 37.3 Å². The molecule has 0 aliphatic carbocycles. The molecule has 0 aliphatic rings. The third-order valence-corrected chi connectivity index (χ3v) is 8.76. The molecule has 1 atom stereocenters. The molecule has 152 valence electrons. The Bertz CT molecular complexity index is 1150. The van der Waals surface area contributed by atoms with Gasteiger partial charge in [-0.25, -0.2) is 4.21 Å². The molecule has 0 fully saturated rings. The lowest BCUT2D eigenvalue weighted by Gasteiger charge is -2.12. The van der Waals surface area contributed by atoms with E-state index in [1.165, 1.54) is 12.1 Å². The Morgan fingerprint density at radius 2 is 1.34 bits per heavy atom. The van der Waals surface area contributed by atoms with Crippen molar-refractivity contribution in [2.45, 2.75) is 23.3 Å². The van der Waals surface area contributed by atoms with Crippen LogP contribution in [0.5, 0.6) is 0 Å². The van der Waals surface area contributed by atoms with Crippen LogP contribution in [0.2, 0.25) is 0 Å². The van der Waals surface area contributed by atoms with Crippen LogP contribution in [0, 0.1) is 6.92 Å². The van der Waals surface area contributed by atoms with Crippen LogP contribution in [0.1, 0.15) is 11.1 Å². The Kier molecular flexibility index (Phi) is 6.84. The van der Waals surface area contributed by atoms with Crippen LogP contribution in [-0.2, 0) is 26.3 Å². The molecule has 0 amide bonds. The van der Waals surface area contributed by atoms with Crippen molar-refractivity contribution in [2.75, 3.05) is 12.3 Å². The first-order valence-corrected chi connectivity index (χ1v) is 12.4. The van der Waals surface area contributed by atoms with Gasteiger partial charge in [-0.15, -0.1) is 3.77 Å². The number of hydrogen-bond donors (Lipinski definition) is 1. The van der Waals surface area contributed by atoms with E-state index in [0.29, 0.717) is 18.0 Å². The molecule has 1 unspecified atom stereocenters. The minimum Gasteiger partial charge on any atom is -0.312 e. The number of nitrogens with zero attached hydrogens (tertiary/aromatic N) is 1. The van der Waals surface area contributed by atoms with E-state index in [0.717, 1.165) is 11.1 Å². The van der Waals surface area contributed by atoms with Gasteiger partial charge < -0.3 is 5.32 Å². The Labute approximate surface area is 173 Å². The van der Waals surface area contributed by atoms with Gasteiger partial charge >= 0.3 is 0 Å². The summed E-state index contributed by atoms with van der Waals surface area (Å²) in [6, 6.07) is 24.8. The van der Waals surface area contributed by atoms with Crippen molar-refractivity contribution in [3.8, 4) is 0 Å². The Hall–Kier alpha value is -2.48. The van der Waals surface area contributed by atoms with Crippen LogP contribution >= 0.6 is 0 Å². The van der Waals surface area contributed by atoms with Crippen molar-refractivity contribution in [1.29, 1.82) is 0 Å². The lowest BCUT2D eigenvalue weighted by atomic mass is 10.2. The van der Waals surface area contributed by atoms with E-state index in [4.69, 9.17) is 0 Å². The first kappa shape index (κ1) is 21.2. The molecule has 29 heavy (non-hydrogen) atoms. The minimum atomic E-state index is -4.05. The maximum Gasteiger partial charge on any atom is 0.290 e. The Morgan fingerprint density at radius 3 is 1.97 bits per heavy atom. The predicted molar refractivity (Wildman–Crippen MR) is 117 cm³/mol. The monoisotopic (exact) mass is 428 g/mol. The van der Waals surface area contributed by atoms with Gasteiger partial charge in [-0.3, -0.25) is 0 Å². The summed E-state index contributed by atoms with van der Waals surface area (Å²) in [4.78, 5) is 0.459. The standard InChI is InChI=1S/C22H24N2O3S2/c1-19-12-14-22(15-13-19)29(26,27)24-28(25,21-10-6-3-7-11-21)17-16-23-18-20-8-4-2-5-9-20/h2-15,23H,16-18H2,1H3. The van der Waals surface area contributed by atoms with E-state index in [9.17, 15) is 12.6 Å². The van der Waals surface area contributed by atoms with Crippen LogP contribution in [0.3, 0.4) is 0 Å². The molecule has 0 spiro atoms. The van der Waals surface area contributed by atoms with Crippen LogP contribution in [0.4, 0.5) is 0 Å². The molecule has 0 radical (unpaired) electrons. The molecule has 0 aliphatic heterocycles. The molecule has 0 aromatic heterocycles. The molecule has 3 rings (SSSR count). The molecule has 1 N–H and O–H groups in total. The largest absolute Gasteiger partial charge is 0.312 e. The summed E-state index contributed by atoms with van der Waals surface area (Å²) in [5.74, 6) is 0.0922. The van der Waals surface area contributed by atoms with E-state index >= 15 is 0 Å². The van der Waals surface area contributed by atoms with Gasteiger partial charge in [-0.1, -0.05) is 66.2 Å². The second-order valence-corrected chi connectivity index (χ2v) is 10.9. The van der Waals surface area contributed by atoms with Gasteiger partial charge in [0, 0.05) is 23.7 Å². The SMILES string of the molecule is Cc1ccc(S(=O)(=O)N=S(=O)(CCNCc2ccccc2)c2ccccc2)cc1. The van der Waals surface area contributed by atoms with Crippen LogP contribution < -0.4 is 5.32 Å². The lowest BCUT2D eigenvalue weighted by molar-refractivity contribution is 0.597. The first-order chi connectivity index (χ1) is 13.9. The van der Waals surface area contributed by atoms with Crippen molar-refractivity contribution in [2.24, 2.45) is 3.77 Å². The van der Waals surface area contributed by atoms with Crippen LogP contribution in [0.25, 0.3) is 0 Å². The zero-order valence-corrected chi connectivity index (χ0v) is 17.8. The highest BCUT2D eigenvalue weighted by molar-refractivity contribution is 8.03. The molecule has 0 saturated heterocycles. The maximum atomic E-state index is 13.7. The molecule has 5 nitrogen and oxygen atoms in total.